The van der Waals surface area contributed by atoms with Crippen LogP contribution in [0.5, 0.6) is 0 Å². The average molecular weight is 346 g/mol. The van der Waals surface area contributed by atoms with E-state index in [4.69, 9.17) is 0 Å². The molecule has 0 saturated heterocycles. The molecule has 0 radical (unpaired) electrons. The van der Waals surface area contributed by atoms with Crippen molar-refractivity contribution in [3.05, 3.63) is 77.4 Å². The van der Waals surface area contributed by atoms with Gasteiger partial charge in [0.05, 0.1) is 12.2 Å². The molecule has 26 heavy (non-hydrogen) atoms. The van der Waals surface area contributed by atoms with Crippen LogP contribution in [0, 0.1) is 5.82 Å². The van der Waals surface area contributed by atoms with Crippen LogP contribution in [0.1, 0.15) is 55.3 Å². The standard InChI is InChI=1S/C23H23FN2/c1-2-16-5-3-4-6-22(16)23(9-10-23)19-11-17(12-20(24)13-19)18-14-25-26(15-18)21-7-8-21/h3-6,11-15,21H,2,7-10H2,1H3. The molecular weight excluding hydrogens is 323 g/mol. The van der Waals surface area contributed by atoms with E-state index < -0.39 is 0 Å². The van der Waals surface area contributed by atoms with E-state index in [1.807, 2.05) is 10.9 Å². The number of halogens is 1. The molecular formula is C23H23FN2. The maximum Gasteiger partial charge on any atom is 0.124 e. The number of aromatic nitrogens is 2. The molecule has 0 unspecified atom stereocenters. The first kappa shape index (κ1) is 15.8. The van der Waals surface area contributed by atoms with Crippen LogP contribution >= 0.6 is 0 Å². The van der Waals surface area contributed by atoms with Gasteiger partial charge in [-0.2, -0.15) is 5.10 Å². The van der Waals surface area contributed by atoms with Crippen molar-refractivity contribution in [2.24, 2.45) is 0 Å². The lowest BCUT2D eigenvalue weighted by Gasteiger charge is -2.21. The van der Waals surface area contributed by atoms with Crippen molar-refractivity contribution in [3.63, 3.8) is 0 Å². The van der Waals surface area contributed by atoms with Crippen molar-refractivity contribution in [1.82, 2.24) is 9.78 Å². The van der Waals surface area contributed by atoms with Crippen molar-refractivity contribution in [2.75, 3.05) is 0 Å². The van der Waals surface area contributed by atoms with Gasteiger partial charge in [0, 0.05) is 17.2 Å². The molecule has 5 rings (SSSR count). The molecule has 2 aliphatic carbocycles. The monoisotopic (exact) mass is 346 g/mol. The second-order valence-corrected chi connectivity index (χ2v) is 7.76. The topological polar surface area (TPSA) is 17.8 Å². The molecule has 2 saturated carbocycles. The van der Waals surface area contributed by atoms with Gasteiger partial charge in [0.15, 0.2) is 0 Å². The minimum absolute atomic E-state index is 0.0179. The maximum atomic E-state index is 14.5. The summed E-state index contributed by atoms with van der Waals surface area (Å²) in [6.45, 7) is 2.19. The van der Waals surface area contributed by atoms with Gasteiger partial charge in [0.25, 0.3) is 0 Å². The second-order valence-electron chi connectivity index (χ2n) is 7.76. The Morgan fingerprint density at radius 1 is 1.12 bits per heavy atom. The quantitative estimate of drug-likeness (QED) is 0.582. The number of nitrogens with zero attached hydrogens (tertiary/aromatic N) is 2. The summed E-state index contributed by atoms with van der Waals surface area (Å²) in [6.07, 6.45) is 9.53. The predicted octanol–water partition coefficient (Wildman–Crippen LogP) is 5.67. The molecule has 0 amide bonds. The lowest BCUT2D eigenvalue weighted by molar-refractivity contribution is 0.623. The summed E-state index contributed by atoms with van der Waals surface area (Å²) < 4.78 is 16.5. The Hall–Kier alpha value is -2.42. The van der Waals surface area contributed by atoms with Crippen molar-refractivity contribution in [2.45, 2.75) is 50.5 Å². The van der Waals surface area contributed by atoms with Crippen molar-refractivity contribution in [1.29, 1.82) is 0 Å². The van der Waals surface area contributed by atoms with Crippen molar-refractivity contribution in [3.8, 4) is 11.1 Å². The van der Waals surface area contributed by atoms with E-state index in [2.05, 4.69) is 48.6 Å². The summed E-state index contributed by atoms with van der Waals surface area (Å²) in [5, 5.41) is 4.47. The van der Waals surface area contributed by atoms with Crippen molar-refractivity contribution < 1.29 is 4.39 Å². The molecule has 2 fully saturated rings. The molecule has 0 atom stereocenters. The highest BCUT2D eigenvalue weighted by atomic mass is 19.1. The van der Waals surface area contributed by atoms with E-state index >= 15 is 0 Å². The van der Waals surface area contributed by atoms with E-state index in [1.165, 1.54) is 24.0 Å². The molecule has 0 spiro atoms. The highest BCUT2D eigenvalue weighted by Gasteiger charge is 2.47. The van der Waals surface area contributed by atoms with E-state index in [-0.39, 0.29) is 11.2 Å². The van der Waals surface area contributed by atoms with E-state index in [1.54, 1.807) is 12.1 Å². The molecule has 132 valence electrons. The summed E-state index contributed by atoms with van der Waals surface area (Å²) >= 11 is 0. The van der Waals surface area contributed by atoms with Crippen LogP contribution in [0.25, 0.3) is 11.1 Å². The summed E-state index contributed by atoms with van der Waals surface area (Å²) in [7, 11) is 0. The summed E-state index contributed by atoms with van der Waals surface area (Å²) in [6, 6.07) is 14.7. The van der Waals surface area contributed by atoms with Gasteiger partial charge in [-0.25, -0.2) is 4.39 Å². The van der Waals surface area contributed by atoms with Crippen LogP contribution in [-0.4, -0.2) is 9.78 Å². The zero-order valence-electron chi connectivity index (χ0n) is 15.1. The first-order valence-corrected chi connectivity index (χ1v) is 9.63. The molecule has 2 aliphatic rings. The van der Waals surface area contributed by atoms with Gasteiger partial charge in [-0.05, 0) is 72.6 Å². The second kappa shape index (κ2) is 5.80. The Morgan fingerprint density at radius 3 is 2.65 bits per heavy atom. The lowest BCUT2D eigenvalue weighted by atomic mass is 9.83. The lowest BCUT2D eigenvalue weighted by Crippen LogP contribution is -2.12. The van der Waals surface area contributed by atoms with Crippen molar-refractivity contribution >= 4 is 0 Å². The third kappa shape index (κ3) is 2.57. The smallest absolute Gasteiger partial charge is 0.124 e. The first-order valence-electron chi connectivity index (χ1n) is 9.63. The third-order valence-corrected chi connectivity index (χ3v) is 5.97. The molecule has 3 heteroatoms. The van der Waals surface area contributed by atoms with Gasteiger partial charge in [0.1, 0.15) is 5.82 Å². The van der Waals surface area contributed by atoms with E-state index in [0.29, 0.717) is 6.04 Å². The minimum Gasteiger partial charge on any atom is -0.269 e. The maximum absolute atomic E-state index is 14.5. The van der Waals surface area contributed by atoms with Crippen LogP contribution in [-0.2, 0) is 11.8 Å². The number of hydrogen-bond donors (Lipinski definition) is 0. The van der Waals surface area contributed by atoms with Crippen LogP contribution in [0.3, 0.4) is 0 Å². The molecule has 1 aromatic heterocycles. The zero-order valence-corrected chi connectivity index (χ0v) is 15.1. The summed E-state index contributed by atoms with van der Waals surface area (Å²) in [5.41, 5.74) is 5.78. The fourth-order valence-electron chi connectivity index (χ4n) is 4.19. The van der Waals surface area contributed by atoms with Gasteiger partial charge in [-0.15, -0.1) is 0 Å². The van der Waals surface area contributed by atoms with Crippen LogP contribution < -0.4 is 0 Å². The predicted molar refractivity (Wildman–Crippen MR) is 102 cm³/mol. The Labute approximate surface area is 153 Å². The van der Waals surface area contributed by atoms with E-state index in [9.17, 15) is 4.39 Å². The van der Waals surface area contributed by atoms with Crippen LogP contribution in [0.2, 0.25) is 0 Å². The summed E-state index contributed by atoms with van der Waals surface area (Å²) in [4.78, 5) is 0. The molecule has 1 heterocycles. The largest absolute Gasteiger partial charge is 0.269 e. The summed E-state index contributed by atoms with van der Waals surface area (Å²) in [5.74, 6) is -0.156. The SMILES string of the molecule is CCc1ccccc1C1(c2cc(F)cc(-c3cnn(C4CC4)c3)c2)CC1. The zero-order chi connectivity index (χ0) is 17.7. The molecule has 2 aromatic carbocycles. The highest BCUT2D eigenvalue weighted by molar-refractivity contribution is 5.65. The van der Waals surface area contributed by atoms with Crippen LogP contribution in [0.15, 0.2) is 54.9 Å². The fourth-order valence-corrected chi connectivity index (χ4v) is 4.19. The third-order valence-electron chi connectivity index (χ3n) is 5.97. The molecule has 0 N–H and O–H groups in total. The highest BCUT2D eigenvalue weighted by Crippen LogP contribution is 2.55. The number of benzene rings is 2. The molecule has 0 bridgehead atoms. The van der Waals surface area contributed by atoms with Gasteiger partial charge in [0.2, 0.25) is 0 Å². The Kier molecular flexibility index (Phi) is 3.53. The fraction of sp³-hybridized carbons (Fsp3) is 0.348. The van der Waals surface area contributed by atoms with Gasteiger partial charge >= 0.3 is 0 Å². The first-order chi connectivity index (χ1) is 12.7. The Balaban J connectivity index is 1.58. The molecule has 0 aliphatic heterocycles. The van der Waals surface area contributed by atoms with E-state index in [0.717, 1.165) is 36.0 Å². The molecule has 3 aromatic rings. The number of hydrogen-bond acceptors (Lipinski definition) is 1. The Morgan fingerprint density at radius 2 is 1.92 bits per heavy atom. The van der Waals surface area contributed by atoms with Gasteiger partial charge < -0.3 is 0 Å². The van der Waals surface area contributed by atoms with Gasteiger partial charge in [-0.1, -0.05) is 31.2 Å². The minimum atomic E-state index is -0.156. The normalized spacial score (nSPS) is 18.1. The number of rotatable bonds is 5. The Bertz CT molecular complexity index is 964. The number of aryl methyl sites for hydroxylation is 1. The van der Waals surface area contributed by atoms with Gasteiger partial charge in [-0.3, -0.25) is 4.68 Å². The average Bonchev–Trinajstić information content (AvgIpc) is 3.60. The van der Waals surface area contributed by atoms with Crippen LogP contribution in [0.4, 0.5) is 4.39 Å². The molecule has 2 nitrogen and oxygen atoms in total.